The minimum atomic E-state index is 0.120. The Labute approximate surface area is 200 Å². The fourth-order valence-corrected chi connectivity index (χ4v) is 9.17. The molecule has 0 saturated heterocycles. The maximum Gasteiger partial charge on any atom is 0.0484 e. The first kappa shape index (κ1) is 18.8. The molecule has 4 saturated carbocycles. The van der Waals surface area contributed by atoms with E-state index in [9.17, 15) is 0 Å². The smallest absolute Gasteiger partial charge is 0.0484 e. The first-order valence-electron chi connectivity index (χ1n) is 12.7. The van der Waals surface area contributed by atoms with Crippen LogP contribution < -0.4 is 0 Å². The molecule has 0 radical (unpaired) electrons. The van der Waals surface area contributed by atoms with Crippen LogP contribution in [0, 0.1) is 23.7 Å². The molecule has 162 valence electrons. The van der Waals surface area contributed by atoms with Crippen molar-refractivity contribution in [2.45, 2.75) is 37.5 Å². The van der Waals surface area contributed by atoms with Crippen molar-refractivity contribution >= 4 is 22.4 Å². The van der Waals surface area contributed by atoms with Crippen LogP contribution in [0.4, 0.5) is 0 Å². The lowest BCUT2D eigenvalue weighted by molar-refractivity contribution is -0.0391. The number of hydrogen-bond donors (Lipinski definition) is 0. The molecular weight excluding hydrogens is 420 g/mol. The number of rotatable bonds is 1. The predicted octanol–water partition coefficient (Wildman–Crippen LogP) is 8.88. The van der Waals surface area contributed by atoms with Gasteiger partial charge in [0.25, 0.3) is 0 Å². The number of fused-ring (bicyclic) bond motifs is 5. The molecule has 0 N–H and O–H groups in total. The van der Waals surface area contributed by atoms with E-state index in [2.05, 4.69) is 78.9 Å². The third-order valence-corrected chi connectivity index (χ3v) is 10.0. The Kier molecular flexibility index (Phi) is 3.71. The standard InChI is InChI=1S/C32H27Cl/c33-29-11-4-3-8-25(29)26-9-5-10-27-28-13-12-21-6-1-2-7-24(21)30(28)32(31(26)27)22-15-19-14-20(17-22)18-23(32)16-19/h1-13,19-20,22-23H,14-18H2. The van der Waals surface area contributed by atoms with Crippen LogP contribution in [0.1, 0.15) is 43.2 Å². The molecule has 4 aromatic rings. The summed E-state index contributed by atoms with van der Waals surface area (Å²) in [5.41, 5.74) is 8.86. The van der Waals surface area contributed by atoms with Gasteiger partial charge in [-0.3, -0.25) is 0 Å². The van der Waals surface area contributed by atoms with Crippen LogP contribution in [-0.2, 0) is 5.41 Å². The topological polar surface area (TPSA) is 0 Å². The molecule has 33 heavy (non-hydrogen) atoms. The molecule has 0 nitrogen and oxygen atoms in total. The fraction of sp³-hybridized carbons (Fsp3) is 0.312. The quantitative estimate of drug-likeness (QED) is 0.274. The largest absolute Gasteiger partial charge is 0.0837 e. The van der Waals surface area contributed by atoms with Crippen LogP contribution in [-0.4, -0.2) is 0 Å². The highest BCUT2D eigenvalue weighted by atomic mass is 35.5. The summed E-state index contributed by atoms with van der Waals surface area (Å²) in [5, 5.41) is 3.73. The van der Waals surface area contributed by atoms with Crippen LogP contribution in [0.3, 0.4) is 0 Å². The highest BCUT2D eigenvalue weighted by molar-refractivity contribution is 6.33. The normalized spacial score (nSPS) is 30.7. The van der Waals surface area contributed by atoms with E-state index in [-0.39, 0.29) is 5.41 Å². The van der Waals surface area contributed by atoms with Gasteiger partial charge in [0.15, 0.2) is 0 Å². The average Bonchev–Trinajstić information content (AvgIpc) is 3.14. The molecule has 5 aliphatic carbocycles. The second kappa shape index (κ2) is 6.51. The maximum atomic E-state index is 6.85. The van der Waals surface area contributed by atoms with Crippen molar-refractivity contribution in [1.29, 1.82) is 0 Å². The van der Waals surface area contributed by atoms with Gasteiger partial charge in [0, 0.05) is 16.0 Å². The van der Waals surface area contributed by atoms with Gasteiger partial charge in [0.1, 0.15) is 0 Å². The monoisotopic (exact) mass is 446 g/mol. The molecule has 0 unspecified atom stereocenters. The van der Waals surface area contributed by atoms with Crippen molar-refractivity contribution in [3.05, 3.63) is 95.0 Å². The molecule has 0 aromatic heterocycles. The molecule has 1 heteroatoms. The summed E-state index contributed by atoms with van der Waals surface area (Å²) in [5.74, 6) is 3.35. The number of benzene rings is 4. The third kappa shape index (κ3) is 2.29. The lowest BCUT2D eigenvalue weighted by Crippen LogP contribution is -2.55. The van der Waals surface area contributed by atoms with Gasteiger partial charge in [-0.15, -0.1) is 0 Å². The van der Waals surface area contributed by atoms with E-state index in [0.29, 0.717) is 0 Å². The van der Waals surface area contributed by atoms with E-state index >= 15 is 0 Å². The van der Waals surface area contributed by atoms with E-state index in [4.69, 9.17) is 11.6 Å². The highest BCUT2D eigenvalue weighted by Gasteiger charge is 2.62. The Balaban J connectivity index is 1.53. The zero-order chi connectivity index (χ0) is 21.7. The molecule has 1 spiro atoms. The first-order valence-corrected chi connectivity index (χ1v) is 13.0. The fourth-order valence-electron chi connectivity index (χ4n) is 8.94. The Morgan fingerprint density at radius 1 is 0.545 bits per heavy atom. The Morgan fingerprint density at radius 3 is 1.91 bits per heavy atom. The van der Waals surface area contributed by atoms with E-state index in [1.165, 1.54) is 65.1 Å². The summed E-state index contributed by atoms with van der Waals surface area (Å²) >= 11 is 6.85. The summed E-state index contributed by atoms with van der Waals surface area (Å²) in [4.78, 5) is 0. The summed E-state index contributed by atoms with van der Waals surface area (Å²) in [6.45, 7) is 0. The molecule has 9 rings (SSSR count). The van der Waals surface area contributed by atoms with Gasteiger partial charge in [-0.2, -0.15) is 0 Å². The predicted molar refractivity (Wildman–Crippen MR) is 138 cm³/mol. The molecule has 4 bridgehead atoms. The van der Waals surface area contributed by atoms with Crippen LogP contribution in [0.2, 0.25) is 5.02 Å². The van der Waals surface area contributed by atoms with Crippen molar-refractivity contribution in [3.63, 3.8) is 0 Å². The Hall–Kier alpha value is -2.57. The van der Waals surface area contributed by atoms with Gasteiger partial charge in [-0.05, 0) is 100 Å². The lowest BCUT2D eigenvalue weighted by Gasteiger charge is -2.61. The highest BCUT2D eigenvalue weighted by Crippen LogP contribution is 2.71. The minimum Gasteiger partial charge on any atom is -0.0837 e. The molecule has 4 aromatic carbocycles. The second-order valence-corrected chi connectivity index (χ2v) is 11.5. The van der Waals surface area contributed by atoms with Gasteiger partial charge < -0.3 is 0 Å². The Bertz CT molecular complexity index is 1420. The second-order valence-electron chi connectivity index (χ2n) is 11.1. The summed E-state index contributed by atoms with van der Waals surface area (Å²) < 4.78 is 0. The molecule has 0 heterocycles. The van der Waals surface area contributed by atoms with Crippen LogP contribution in [0.25, 0.3) is 33.0 Å². The zero-order valence-electron chi connectivity index (χ0n) is 18.7. The lowest BCUT2D eigenvalue weighted by atomic mass is 9.42. The number of hydrogen-bond acceptors (Lipinski definition) is 0. The van der Waals surface area contributed by atoms with E-state index in [1.807, 2.05) is 0 Å². The molecular formula is C32H27Cl. The van der Waals surface area contributed by atoms with Crippen molar-refractivity contribution in [3.8, 4) is 22.3 Å². The van der Waals surface area contributed by atoms with Crippen molar-refractivity contribution in [1.82, 2.24) is 0 Å². The van der Waals surface area contributed by atoms with Crippen molar-refractivity contribution in [2.24, 2.45) is 23.7 Å². The molecule has 4 fully saturated rings. The van der Waals surface area contributed by atoms with Crippen LogP contribution >= 0.6 is 11.6 Å². The van der Waals surface area contributed by atoms with E-state index in [1.54, 1.807) is 11.1 Å². The third-order valence-electron chi connectivity index (χ3n) is 9.70. The van der Waals surface area contributed by atoms with E-state index in [0.717, 1.165) is 28.7 Å². The first-order chi connectivity index (χ1) is 16.2. The van der Waals surface area contributed by atoms with Crippen molar-refractivity contribution in [2.75, 3.05) is 0 Å². The zero-order valence-corrected chi connectivity index (χ0v) is 19.5. The molecule has 0 aliphatic heterocycles. The van der Waals surface area contributed by atoms with E-state index < -0.39 is 0 Å². The SMILES string of the molecule is Clc1ccccc1-c1cccc2c1C1(c3c-2ccc2ccccc32)C2CC3CC(C2)CC1C3. The van der Waals surface area contributed by atoms with Gasteiger partial charge in [0.05, 0.1) is 0 Å². The Morgan fingerprint density at radius 2 is 1.15 bits per heavy atom. The summed E-state index contributed by atoms with van der Waals surface area (Å²) in [6, 6.07) is 29.4. The van der Waals surface area contributed by atoms with Gasteiger partial charge in [-0.1, -0.05) is 84.4 Å². The molecule has 0 amide bonds. The number of halogens is 1. The molecule has 0 atom stereocenters. The average molecular weight is 447 g/mol. The minimum absolute atomic E-state index is 0.120. The van der Waals surface area contributed by atoms with Crippen molar-refractivity contribution < 1.29 is 0 Å². The van der Waals surface area contributed by atoms with Gasteiger partial charge in [-0.25, -0.2) is 0 Å². The van der Waals surface area contributed by atoms with Crippen LogP contribution in [0.15, 0.2) is 78.9 Å². The molecule has 5 aliphatic rings. The summed E-state index contributed by atoms with van der Waals surface area (Å²) in [6.07, 6.45) is 7.06. The summed E-state index contributed by atoms with van der Waals surface area (Å²) in [7, 11) is 0. The van der Waals surface area contributed by atoms with Gasteiger partial charge in [0.2, 0.25) is 0 Å². The maximum absolute atomic E-state index is 6.85. The van der Waals surface area contributed by atoms with Gasteiger partial charge >= 0.3 is 0 Å². The van der Waals surface area contributed by atoms with Crippen LogP contribution in [0.5, 0.6) is 0 Å².